The minimum absolute atomic E-state index is 0.255. The first-order chi connectivity index (χ1) is 18.9. The minimum Gasteiger partial charge on any atom is -0.342 e. The van der Waals surface area contributed by atoms with Gasteiger partial charge in [-0.05, 0) is 74.6 Å². The maximum Gasteiger partial charge on any atom is 0.222 e. The molecule has 2 aliphatic rings. The van der Waals surface area contributed by atoms with Gasteiger partial charge in [-0.25, -0.2) is 0 Å². The Hall–Kier alpha value is -2.39. The summed E-state index contributed by atoms with van der Waals surface area (Å²) in [5.74, 6) is 0.356. The molecule has 3 rings (SSSR count). The first kappa shape index (κ1) is 34.6. The van der Waals surface area contributed by atoms with E-state index in [0.717, 1.165) is 58.4 Å². The lowest BCUT2D eigenvalue weighted by Crippen LogP contribution is -2.38. The van der Waals surface area contributed by atoms with Gasteiger partial charge < -0.3 is 9.80 Å². The van der Waals surface area contributed by atoms with E-state index in [2.05, 4.69) is 98.2 Å². The van der Waals surface area contributed by atoms with Gasteiger partial charge in [0.25, 0.3) is 0 Å². The van der Waals surface area contributed by atoms with Crippen molar-refractivity contribution in [1.82, 2.24) is 9.80 Å². The fourth-order valence-corrected chi connectivity index (χ4v) is 5.48. The van der Waals surface area contributed by atoms with Crippen LogP contribution in [-0.2, 0) is 4.79 Å². The minimum atomic E-state index is 0.255. The van der Waals surface area contributed by atoms with Gasteiger partial charge >= 0.3 is 0 Å². The van der Waals surface area contributed by atoms with Crippen LogP contribution in [0.3, 0.4) is 0 Å². The molecule has 0 aliphatic carbocycles. The number of benzene rings is 1. The predicted octanol–water partition coefficient (Wildman–Crippen LogP) is 9.49. The SMILES string of the molecule is CC.CC.C\C=C/C=C(\C=C/C)C(=C1CCN(CCCC(=O)N2CCCCC(C)(C)C2)CC1)c1ccccc1. The number of carbonyl (C=O) groups excluding carboxylic acids is 1. The fraction of sp³-hybridized carbons (Fsp3) is 0.583. The van der Waals surface area contributed by atoms with Crippen molar-refractivity contribution in [1.29, 1.82) is 0 Å². The van der Waals surface area contributed by atoms with Crippen molar-refractivity contribution in [2.45, 2.75) is 100 Å². The molecule has 218 valence electrons. The molecular weight excluding hydrogens is 476 g/mol. The molecule has 0 atom stereocenters. The lowest BCUT2D eigenvalue weighted by Gasteiger charge is -2.31. The summed E-state index contributed by atoms with van der Waals surface area (Å²) in [6, 6.07) is 10.8. The second kappa shape index (κ2) is 19.6. The number of carbonyl (C=O) groups is 1. The fourth-order valence-electron chi connectivity index (χ4n) is 5.48. The number of rotatable bonds is 8. The van der Waals surface area contributed by atoms with Crippen molar-refractivity contribution in [2.75, 3.05) is 32.7 Å². The van der Waals surface area contributed by atoms with Gasteiger partial charge in [0.2, 0.25) is 5.91 Å². The van der Waals surface area contributed by atoms with E-state index in [0.29, 0.717) is 12.3 Å². The first-order valence-corrected chi connectivity index (χ1v) is 15.7. The normalized spacial score (nSPS) is 18.2. The highest BCUT2D eigenvalue weighted by molar-refractivity contribution is 5.84. The molecule has 0 bridgehead atoms. The smallest absolute Gasteiger partial charge is 0.222 e. The van der Waals surface area contributed by atoms with Crippen molar-refractivity contribution in [3.63, 3.8) is 0 Å². The number of hydrogen-bond acceptors (Lipinski definition) is 2. The summed E-state index contributed by atoms with van der Waals surface area (Å²) in [6.07, 6.45) is 18.3. The molecule has 2 saturated heterocycles. The van der Waals surface area contributed by atoms with Gasteiger partial charge in [-0.15, -0.1) is 0 Å². The topological polar surface area (TPSA) is 23.6 Å². The molecule has 39 heavy (non-hydrogen) atoms. The van der Waals surface area contributed by atoms with Crippen LogP contribution < -0.4 is 0 Å². The monoisotopic (exact) mass is 534 g/mol. The maximum absolute atomic E-state index is 12.9. The second-order valence-electron chi connectivity index (χ2n) is 10.9. The van der Waals surface area contributed by atoms with Crippen LogP contribution in [0, 0.1) is 5.41 Å². The van der Waals surface area contributed by atoms with Crippen LogP contribution in [0.15, 0.2) is 71.9 Å². The number of allylic oxidation sites excluding steroid dienone is 7. The molecule has 3 nitrogen and oxygen atoms in total. The summed E-state index contributed by atoms with van der Waals surface area (Å²) in [7, 11) is 0. The highest BCUT2D eigenvalue weighted by Gasteiger charge is 2.27. The summed E-state index contributed by atoms with van der Waals surface area (Å²) in [5.41, 5.74) is 5.78. The summed E-state index contributed by atoms with van der Waals surface area (Å²) >= 11 is 0. The van der Waals surface area contributed by atoms with Crippen molar-refractivity contribution in [3.8, 4) is 0 Å². The van der Waals surface area contributed by atoms with E-state index in [1.54, 1.807) is 5.57 Å². The molecule has 3 heteroatoms. The van der Waals surface area contributed by atoms with Crippen LogP contribution in [0.1, 0.15) is 106 Å². The van der Waals surface area contributed by atoms with E-state index in [4.69, 9.17) is 0 Å². The molecule has 0 unspecified atom stereocenters. The zero-order chi connectivity index (χ0) is 29.1. The largest absolute Gasteiger partial charge is 0.342 e. The van der Waals surface area contributed by atoms with Gasteiger partial charge in [0.05, 0.1) is 0 Å². The van der Waals surface area contributed by atoms with E-state index in [-0.39, 0.29) is 5.41 Å². The molecular formula is C36H58N2O. The Kier molecular flexibility index (Phi) is 17.4. The highest BCUT2D eigenvalue weighted by Crippen LogP contribution is 2.33. The highest BCUT2D eigenvalue weighted by atomic mass is 16.2. The molecule has 1 aromatic rings. The van der Waals surface area contributed by atoms with Crippen LogP contribution in [0.2, 0.25) is 0 Å². The van der Waals surface area contributed by atoms with Gasteiger partial charge in [0.1, 0.15) is 0 Å². The van der Waals surface area contributed by atoms with Gasteiger partial charge in [-0.2, -0.15) is 0 Å². The number of likely N-dealkylation sites (tertiary alicyclic amines) is 2. The Morgan fingerprint density at radius 2 is 1.59 bits per heavy atom. The lowest BCUT2D eigenvalue weighted by molar-refractivity contribution is -0.132. The lowest BCUT2D eigenvalue weighted by atomic mass is 9.87. The van der Waals surface area contributed by atoms with E-state index in [1.807, 2.05) is 27.7 Å². The van der Waals surface area contributed by atoms with Crippen LogP contribution in [0.5, 0.6) is 0 Å². The van der Waals surface area contributed by atoms with E-state index >= 15 is 0 Å². The molecule has 2 fully saturated rings. The quantitative estimate of drug-likeness (QED) is 0.310. The molecule has 1 aromatic carbocycles. The Bertz CT molecular complexity index is 926. The summed E-state index contributed by atoms with van der Waals surface area (Å²) in [6.45, 7) is 21.8. The summed E-state index contributed by atoms with van der Waals surface area (Å²) in [4.78, 5) is 17.6. The zero-order valence-corrected chi connectivity index (χ0v) is 26.6. The third-order valence-electron chi connectivity index (χ3n) is 7.35. The van der Waals surface area contributed by atoms with Crippen molar-refractivity contribution < 1.29 is 4.79 Å². The van der Waals surface area contributed by atoms with Crippen LogP contribution in [-0.4, -0.2) is 48.4 Å². The van der Waals surface area contributed by atoms with Crippen LogP contribution in [0.25, 0.3) is 5.57 Å². The Labute approximate surface area is 241 Å². The molecule has 0 spiro atoms. The number of piperidine rings is 1. The Morgan fingerprint density at radius 3 is 2.21 bits per heavy atom. The third-order valence-corrected chi connectivity index (χ3v) is 7.35. The number of amides is 1. The summed E-state index contributed by atoms with van der Waals surface area (Å²) in [5, 5.41) is 0. The third kappa shape index (κ3) is 12.1. The average Bonchev–Trinajstić information content (AvgIpc) is 3.15. The van der Waals surface area contributed by atoms with Crippen molar-refractivity contribution in [3.05, 3.63) is 77.4 Å². The Morgan fingerprint density at radius 1 is 0.923 bits per heavy atom. The van der Waals surface area contributed by atoms with Crippen molar-refractivity contribution in [2.24, 2.45) is 5.41 Å². The van der Waals surface area contributed by atoms with Gasteiger partial charge in [0, 0.05) is 32.6 Å². The van der Waals surface area contributed by atoms with E-state index < -0.39 is 0 Å². The van der Waals surface area contributed by atoms with E-state index in [9.17, 15) is 4.79 Å². The molecule has 0 radical (unpaired) electrons. The van der Waals surface area contributed by atoms with Gasteiger partial charge in [-0.1, -0.05) is 114 Å². The number of hydrogen-bond donors (Lipinski definition) is 0. The second-order valence-corrected chi connectivity index (χ2v) is 10.9. The average molecular weight is 535 g/mol. The molecule has 0 aromatic heterocycles. The van der Waals surface area contributed by atoms with Crippen molar-refractivity contribution >= 4 is 11.5 Å². The maximum atomic E-state index is 12.9. The van der Waals surface area contributed by atoms with Gasteiger partial charge in [-0.3, -0.25) is 4.79 Å². The Balaban J connectivity index is 0.00000181. The number of nitrogens with zero attached hydrogens (tertiary/aromatic N) is 2. The van der Waals surface area contributed by atoms with E-state index in [1.165, 1.54) is 29.6 Å². The standard InChI is InChI=1S/C32H46N2O.2C2H6/c1-5-7-15-27(14-6-2)31(28-16-9-8-10-17-28)29-19-24-33(25-20-29)22-13-18-30(35)34-23-12-11-21-32(3,4)26-34;2*1-2/h5-10,14-17H,11-13,18-26H2,1-4H3;2*1-2H3/b7-5-,14-6-,27-15+;;. The van der Waals surface area contributed by atoms with Gasteiger partial charge in [0.15, 0.2) is 0 Å². The molecule has 2 aliphatic heterocycles. The van der Waals surface area contributed by atoms with Crippen LogP contribution >= 0.6 is 0 Å². The van der Waals surface area contributed by atoms with Crippen LogP contribution in [0.4, 0.5) is 0 Å². The summed E-state index contributed by atoms with van der Waals surface area (Å²) < 4.78 is 0. The molecule has 1 amide bonds. The zero-order valence-electron chi connectivity index (χ0n) is 26.6. The predicted molar refractivity (Wildman–Crippen MR) is 173 cm³/mol. The molecule has 0 saturated carbocycles. The molecule has 2 heterocycles. The first-order valence-electron chi connectivity index (χ1n) is 15.7. The molecule has 0 N–H and O–H groups in total.